The number of nitrogens with zero attached hydrogens (tertiary/aromatic N) is 3. The average Bonchev–Trinajstić information content (AvgIpc) is 3.12. The predicted octanol–water partition coefficient (Wildman–Crippen LogP) is 3.53. The van der Waals surface area contributed by atoms with Gasteiger partial charge in [-0.25, -0.2) is 4.98 Å². The largest absolute Gasteiger partial charge is 0.419 e. The number of nitrogens with one attached hydrogen (secondary N) is 1. The number of rotatable bonds is 3. The number of thioether (sulfide) groups is 1. The minimum atomic E-state index is -4.83. The molecular formula is C18H11F3N4O3S. The molecule has 0 saturated carbocycles. The third-order valence-electron chi connectivity index (χ3n) is 3.96. The molecule has 0 bridgehead atoms. The number of carbonyl (C=O) groups is 3. The Kier molecular flexibility index (Phi) is 5.56. The van der Waals surface area contributed by atoms with Crippen LogP contribution in [0.3, 0.4) is 0 Å². The summed E-state index contributed by atoms with van der Waals surface area (Å²) in [5.41, 5.74) is -2.58. The second kappa shape index (κ2) is 7.92. The highest BCUT2D eigenvalue weighted by Gasteiger charge is 2.35. The van der Waals surface area contributed by atoms with Crippen LogP contribution in [0.25, 0.3) is 0 Å². The summed E-state index contributed by atoms with van der Waals surface area (Å²) < 4.78 is 39.2. The van der Waals surface area contributed by atoms with E-state index < -0.39 is 34.5 Å². The molecule has 1 aromatic carbocycles. The van der Waals surface area contributed by atoms with Gasteiger partial charge >= 0.3 is 6.18 Å². The number of alkyl halides is 3. The van der Waals surface area contributed by atoms with Crippen LogP contribution in [-0.4, -0.2) is 39.2 Å². The lowest BCUT2D eigenvalue weighted by molar-refractivity contribution is -0.138. The first-order chi connectivity index (χ1) is 13.7. The van der Waals surface area contributed by atoms with Gasteiger partial charge in [0.1, 0.15) is 6.07 Å². The van der Waals surface area contributed by atoms with E-state index >= 15 is 0 Å². The molecule has 3 rings (SSSR count). The Morgan fingerprint density at radius 1 is 1.24 bits per heavy atom. The fourth-order valence-corrected chi connectivity index (χ4v) is 3.41. The first kappa shape index (κ1) is 20.3. The van der Waals surface area contributed by atoms with Crippen molar-refractivity contribution in [3.63, 3.8) is 0 Å². The molecule has 2 aromatic rings. The molecule has 29 heavy (non-hydrogen) atoms. The molecule has 1 aromatic heterocycles. The first-order valence-corrected chi connectivity index (χ1v) is 9.07. The zero-order valence-corrected chi connectivity index (χ0v) is 15.3. The minimum absolute atomic E-state index is 0.0569. The maximum absolute atomic E-state index is 13.1. The van der Waals surface area contributed by atoms with Gasteiger partial charge in [-0.1, -0.05) is 23.9 Å². The van der Waals surface area contributed by atoms with Crippen LogP contribution in [-0.2, 0) is 6.18 Å². The Bertz CT molecular complexity index is 1050. The quantitative estimate of drug-likeness (QED) is 0.815. The molecule has 11 heteroatoms. The van der Waals surface area contributed by atoms with Gasteiger partial charge in [0.25, 0.3) is 17.1 Å². The molecule has 1 N–H and O–H groups in total. The van der Waals surface area contributed by atoms with Crippen LogP contribution >= 0.6 is 11.8 Å². The van der Waals surface area contributed by atoms with Gasteiger partial charge in [-0.3, -0.25) is 19.3 Å². The molecule has 7 nitrogen and oxygen atoms in total. The molecular weight excluding hydrogens is 409 g/mol. The molecule has 1 aliphatic rings. The highest BCUT2D eigenvalue weighted by Crippen LogP contribution is 2.32. The van der Waals surface area contributed by atoms with E-state index in [4.69, 9.17) is 5.26 Å². The second-order valence-electron chi connectivity index (χ2n) is 5.80. The third kappa shape index (κ3) is 4.22. The van der Waals surface area contributed by atoms with E-state index in [0.29, 0.717) is 11.8 Å². The Labute approximate surface area is 166 Å². The standard InChI is InChI=1S/C18H11F3N4O3S/c19-18(20,21)13-7-10(9-23-14(13)8-22)24-15(26)11-3-1-2-4-12(11)16(27)25-5-6-29-17(25)28/h1-4,7,9H,5-6H2,(H,24,26). The van der Waals surface area contributed by atoms with Gasteiger partial charge in [-0.05, 0) is 18.2 Å². The maximum atomic E-state index is 13.1. The molecule has 148 valence electrons. The Morgan fingerprint density at radius 2 is 1.93 bits per heavy atom. The van der Waals surface area contributed by atoms with Crippen molar-refractivity contribution in [2.45, 2.75) is 6.18 Å². The lowest BCUT2D eigenvalue weighted by Crippen LogP contribution is -2.32. The van der Waals surface area contributed by atoms with Crippen molar-refractivity contribution in [2.24, 2.45) is 0 Å². The summed E-state index contributed by atoms with van der Waals surface area (Å²) in [6, 6.07) is 7.59. The fraction of sp³-hybridized carbons (Fsp3) is 0.167. The van der Waals surface area contributed by atoms with Crippen LogP contribution in [0.2, 0.25) is 0 Å². The second-order valence-corrected chi connectivity index (χ2v) is 6.85. The molecule has 1 saturated heterocycles. The number of halogens is 3. The van der Waals surface area contributed by atoms with Crippen molar-refractivity contribution in [1.29, 1.82) is 5.26 Å². The minimum Gasteiger partial charge on any atom is -0.321 e. The van der Waals surface area contributed by atoms with Crippen molar-refractivity contribution < 1.29 is 27.6 Å². The highest BCUT2D eigenvalue weighted by atomic mass is 32.2. The normalized spacial score (nSPS) is 13.9. The predicted molar refractivity (Wildman–Crippen MR) is 97.2 cm³/mol. The van der Waals surface area contributed by atoms with Gasteiger partial charge in [0.05, 0.1) is 28.6 Å². The fourth-order valence-electron chi connectivity index (χ4n) is 2.63. The summed E-state index contributed by atoms with van der Waals surface area (Å²) in [5.74, 6) is -1.08. The Balaban J connectivity index is 1.90. The number of hydrogen-bond donors (Lipinski definition) is 1. The number of imide groups is 1. The smallest absolute Gasteiger partial charge is 0.321 e. The van der Waals surface area contributed by atoms with Crippen molar-refractivity contribution in [1.82, 2.24) is 9.88 Å². The van der Waals surface area contributed by atoms with Crippen LogP contribution in [0.5, 0.6) is 0 Å². The summed E-state index contributed by atoms with van der Waals surface area (Å²) in [6.07, 6.45) is -3.92. The van der Waals surface area contributed by atoms with Crippen LogP contribution in [0.1, 0.15) is 32.0 Å². The molecule has 2 heterocycles. The zero-order valence-electron chi connectivity index (χ0n) is 14.5. The number of amides is 3. The summed E-state index contributed by atoms with van der Waals surface area (Å²) >= 11 is 0.977. The first-order valence-electron chi connectivity index (χ1n) is 8.08. The lowest BCUT2D eigenvalue weighted by atomic mass is 10.1. The van der Waals surface area contributed by atoms with E-state index in [1.807, 2.05) is 0 Å². The average molecular weight is 420 g/mol. The number of benzene rings is 1. The topological polar surface area (TPSA) is 103 Å². The van der Waals surface area contributed by atoms with Gasteiger partial charge in [0, 0.05) is 12.3 Å². The zero-order chi connectivity index (χ0) is 21.2. The maximum Gasteiger partial charge on any atom is 0.419 e. The van der Waals surface area contributed by atoms with Crippen molar-refractivity contribution >= 4 is 34.5 Å². The van der Waals surface area contributed by atoms with Crippen molar-refractivity contribution in [3.05, 3.63) is 58.9 Å². The van der Waals surface area contributed by atoms with E-state index in [1.165, 1.54) is 30.3 Å². The lowest BCUT2D eigenvalue weighted by Gasteiger charge is -2.16. The van der Waals surface area contributed by atoms with Gasteiger partial charge in [-0.15, -0.1) is 0 Å². The summed E-state index contributed by atoms with van der Waals surface area (Å²) in [6.45, 7) is 0.201. The summed E-state index contributed by atoms with van der Waals surface area (Å²) in [7, 11) is 0. The summed E-state index contributed by atoms with van der Waals surface area (Å²) in [5, 5.41) is 10.6. The van der Waals surface area contributed by atoms with E-state index in [1.54, 1.807) is 0 Å². The van der Waals surface area contributed by atoms with E-state index in [2.05, 4.69) is 10.3 Å². The number of hydrogen-bond acceptors (Lipinski definition) is 6. The van der Waals surface area contributed by atoms with Crippen molar-refractivity contribution in [3.8, 4) is 6.07 Å². The molecule has 3 amide bonds. The molecule has 0 atom stereocenters. The van der Waals surface area contributed by atoms with Gasteiger partial charge in [0.2, 0.25) is 0 Å². The number of aromatic nitrogens is 1. The SMILES string of the molecule is N#Cc1ncc(NC(=O)c2ccccc2C(=O)N2CCSC2=O)cc1C(F)(F)F. The molecule has 0 radical (unpaired) electrons. The molecule has 0 unspecified atom stereocenters. The number of nitriles is 1. The number of anilines is 1. The molecule has 1 fully saturated rings. The van der Waals surface area contributed by atoms with Crippen LogP contribution < -0.4 is 5.32 Å². The van der Waals surface area contributed by atoms with E-state index in [-0.39, 0.29) is 23.4 Å². The van der Waals surface area contributed by atoms with Gasteiger partial charge < -0.3 is 5.32 Å². The Morgan fingerprint density at radius 3 is 2.52 bits per heavy atom. The Hall–Kier alpha value is -3.39. The van der Waals surface area contributed by atoms with Crippen LogP contribution in [0.4, 0.5) is 23.7 Å². The van der Waals surface area contributed by atoms with Crippen LogP contribution in [0.15, 0.2) is 36.5 Å². The van der Waals surface area contributed by atoms with Crippen molar-refractivity contribution in [2.75, 3.05) is 17.6 Å². The van der Waals surface area contributed by atoms with E-state index in [0.717, 1.165) is 22.9 Å². The highest BCUT2D eigenvalue weighted by molar-refractivity contribution is 8.13. The molecule has 0 spiro atoms. The summed E-state index contributed by atoms with van der Waals surface area (Å²) in [4.78, 5) is 41.4. The third-order valence-corrected chi connectivity index (χ3v) is 4.82. The molecule has 0 aliphatic carbocycles. The number of carbonyl (C=O) groups excluding carboxylic acids is 3. The van der Waals surface area contributed by atoms with E-state index in [9.17, 15) is 27.6 Å². The monoisotopic (exact) mass is 420 g/mol. The van der Waals surface area contributed by atoms with Crippen LogP contribution in [0, 0.1) is 11.3 Å². The van der Waals surface area contributed by atoms with Gasteiger partial charge in [-0.2, -0.15) is 18.4 Å². The van der Waals surface area contributed by atoms with Gasteiger partial charge in [0.15, 0.2) is 5.69 Å². The molecule has 1 aliphatic heterocycles. The number of pyridine rings is 1.